The highest BCUT2D eigenvalue weighted by Gasteiger charge is 2.14. The smallest absolute Gasteiger partial charge is 0.258 e. The number of anilines is 2. The second kappa shape index (κ2) is 11.2. The van der Waals surface area contributed by atoms with Gasteiger partial charge in [-0.05, 0) is 37.3 Å². The van der Waals surface area contributed by atoms with Crippen molar-refractivity contribution in [1.29, 1.82) is 0 Å². The van der Waals surface area contributed by atoms with E-state index in [0.29, 0.717) is 46.6 Å². The summed E-state index contributed by atoms with van der Waals surface area (Å²) in [4.78, 5) is 21.3. The van der Waals surface area contributed by atoms with E-state index >= 15 is 0 Å². The quantitative estimate of drug-likeness (QED) is 0.296. The van der Waals surface area contributed by atoms with E-state index in [1.807, 2.05) is 31.2 Å². The van der Waals surface area contributed by atoms with Crippen molar-refractivity contribution in [3.63, 3.8) is 0 Å². The predicted molar refractivity (Wildman–Crippen MR) is 127 cm³/mol. The van der Waals surface area contributed by atoms with E-state index in [0.717, 1.165) is 5.39 Å². The van der Waals surface area contributed by atoms with E-state index in [4.69, 9.17) is 14.5 Å². The predicted octanol–water partition coefficient (Wildman–Crippen LogP) is 3.96. The Hall–Kier alpha value is -4.28. The fourth-order valence-electron chi connectivity index (χ4n) is 3.30. The van der Waals surface area contributed by atoms with E-state index in [1.54, 1.807) is 30.5 Å². The largest absolute Gasteiger partial charge is 0.494 e. The number of benzene rings is 2. The van der Waals surface area contributed by atoms with Crippen molar-refractivity contribution in [3.05, 3.63) is 54.7 Å². The van der Waals surface area contributed by atoms with Gasteiger partial charge in [-0.1, -0.05) is 12.1 Å². The van der Waals surface area contributed by atoms with Gasteiger partial charge in [-0.3, -0.25) is 9.89 Å². The van der Waals surface area contributed by atoms with Gasteiger partial charge in [0.2, 0.25) is 0 Å². The maximum atomic E-state index is 12.6. The van der Waals surface area contributed by atoms with Gasteiger partial charge in [-0.15, -0.1) is 0 Å². The first-order valence-corrected chi connectivity index (χ1v) is 11.0. The van der Waals surface area contributed by atoms with Crippen molar-refractivity contribution in [2.75, 3.05) is 31.9 Å². The van der Waals surface area contributed by atoms with Crippen molar-refractivity contribution >= 4 is 28.4 Å². The number of carbonyl (C=O) groups is 1. The zero-order chi connectivity index (χ0) is 24.6. The fraction of sp³-hybridized carbons (Fsp3) is 0.250. The lowest BCUT2D eigenvalue weighted by atomic mass is 10.1. The van der Waals surface area contributed by atoms with Gasteiger partial charge in [0, 0.05) is 23.2 Å². The number of alkyl halides is 2. The number of nitrogens with one attached hydrogen (secondary N) is 3. The number of H-pyrrole nitrogens is 1. The highest BCUT2D eigenvalue weighted by molar-refractivity contribution is 5.93. The Morgan fingerprint density at radius 1 is 1.06 bits per heavy atom. The molecule has 4 rings (SSSR count). The molecule has 35 heavy (non-hydrogen) atoms. The summed E-state index contributed by atoms with van der Waals surface area (Å²) in [5.41, 5.74) is 1.33. The summed E-state index contributed by atoms with van der Waals surface area (Å²) in [6.45, 7) is 0.0750. The molecule has 1 amide bonds. The van der Waals surface area contributed by atoms with Crippen molar-refractivity contribution < 1.29 is 23.0 Å². The van der Waals surface area contributed by atoms with Gasteiger partial charge in [0.05, 0.1) is 18.2 Å². The first kappa shape index (κ1) is 23.9. The molecule has 9 nitrogen and oxygen atoms in total. The second-order valence-corrected chi connectivity index (χ2v) is 7.48. The molecule has 0 atom stereocenters. The number of fused-ring (bicyclic) bond motifs is 1. The maximum absolute atomic E-state index is 12.6. The molecular weight excluding hydrogens is 458 g/mol. The van der Waals surface area contributed by atoms with Gasteiger partial charge in [0.1, 0.15) is 30.7 Å². The first-order valence-electron chi connectivity index (χ1n) is 11.0. The lowest BCUT2D eigenvalue weighted by Gasteiger charge is -2.13. The van der Waals surface area contributed by atoms with Crippen LogP contribution in [0, 0.1) is 0 Å². The Bertz CT molecular complexity index is 1280. The van der Waals surface area contributed by atoms with Crippen LogP contribution in [0.2, 0.25) is 0 Å². The summed E-state index contributed by atoms with van der Waals surface area (Å²) in [7, 11) is 0. The summed E-state index contributed by atoms with van der Waals surface area (Å²) in [5.74, 6) is 2.00. The fourth-order valence-corrected chi connectivity index (χ4v) is 3.30. The third-order valence-corrected chi connectivity index (χ3v) is 4.93. The topological polar surface area (TPSA) is 114 Å². The molecule has 2 aromatic heterocycles. The number of hydrogen-bond donors (Lipinski definition) is 3. The van der Waals surface area contributed by atoms with E-state index in [-0.39, 0.29) is 6.61 Å². The van der Waals surface area contributed by atoms with Crippen LogP contribution in [0.15, 0.2) is 54.7 Å². The van der Waals surface area contributed by atoms with Crippen LogP contribution in [0.1, 0.15) is 6.92 Å². The standard InChI is InChI=1S/C24H24F2N6O3/c1-2-34-18-6-7-20-19(11-18)24(30-21-8-9-27-32-21)31-23(29-20)15-4-3-5-17(10-15)35-14-22(33)28-16(12-25)13-26/h3-11,16H,2,12-14H2,1H3,(H,28,33)(H2,27,29,30,31,32). The Morgan fingerprint density at radius 2 is 1.89 bits per heavy atom. The molecule has 0 unspecified atom stereocenters. The number of halogens is 2. The minimum Gasteiger partial charge on any atom is -0.494 e. The third kappa shape index (κ3) is 5.99. The molecule has 4 aromatic rings. The van der Waals surface area contributed by atoms with Crippen molar-refractivity contribution in [2.24, 2.45) is 0 Å². The zero-order valence-electron chi connectivity index (χ0n) is 18.9. The molecule has 0 fully saturated rings. The molecule has 2 aromatic carbocycles. The van der Waals surface area contributed by atoms with E-state index < -0.39 is 25.3 Å². The molecule has 11 heteroatoms. The third-order valence-electron chi connectivity index (χ3n) is 4.93. The van der Waals surface area contributed by atoms with Gasteiger partial charge in [0.15, 0.2) is 18.2 Å². The van der Waals surface area contributed by atoms with Gasteiger partial charge in [-0.2, -0.15) is 5.10 Å². The Morgan fingerprint density at radius 3 is 2.63 bits per heavy atom. The molecule has 0 aliphatic carbocycles. The van der Waals surface area contributed by atoms with Crippen molar-refractivity contribution in [1.82, 2.24) is 25.5 Å². The Kier molecular flexibility index (Phi) is 7.66. The van der Waals surface area contributed by atoms with Gasteiger partial charge in [0.25, 0.3) is 5.91 Å². The van der Waals surface area contributed by atoms with Crippen LogP contribution in [0.5, 0.6) is 11.5 Å². The van der Waals surface area contributed by atoms with Crippen LogP contribution in [0.3, 0.4) is 0 Å². The van der Waals surface area contributed by atoms with Crippen LogP contribution >= 0.6 is 0 Å². The molecule has 0 bridgehead atoms. The van der Waals surface area contributed by atoms with Gasteiger partial charge < -0.3 is 20.1 Å². The van der Waals surface area contributed by atoms with Crippen LogP contribution in [0.4, 0.5) is 20.4 Å². The van der Waals surface area contributed by atoms with Crippen molar-refractivity contribution in [3.8, 4) is 22.9 Å². The molecule has 0 aliphatic heterocycles. The monoisotopic (exact) mass is 482 g/mol. The molecule has 182 valence electrons. The molecule has 0 aliphatic rings. The minimum absolute atomic E-state index is 0.381. The van der Waals surface area contributed by atoms with Crippen LogP contribution in [-0.2, 0) is 4.79 Å². The number of aromatic amines is 1. The van der Waals surface area contributed by atoms with E-state index in [1.165, 1.54) is 0 Å². The Balaban J connectivity index is 1.61. The van der Waals surface area contributed by atoms with Crippen molar-refractivity contribution in [2.45, 2.75) is 13.0 Å². The van der Waals surface area contributed by atoms with Gasteiger partial charge in [-0.25, -0.2) is 18.7 Å². The molecule has 0 saturated carbocycles. The number of carbonyl (C=O) groups excluding carboxylic acids is 1. The van der Waals surface area contributed by atoms with Crippen LogP contribution < -0.4 is 20.1 Å². The average molecular weight is 482 g/mol. The number of nitrogens with zero attached hydrogens (tertiary/aromatic N) is 3. The molecule has 0 radical (unpaired) electrons. The second-order valence-electron chi connectivity index (χ2n) is 7.48. The number of rotatable bonds is 11. The zero-order valence-corrected chi connectivity index (χ0v) is 18.9. The summed E-state index contributed by atoms with van der Waals surface area (Å²) in [6.07, 6.45) is 1.69. The highest BCUT2D eigenvalue weighted by Crippen LogP contribution is 2.30. The lowest BCUT2D eigenvalue weighted by Crippen LogP contribution is -2.40. The summed E-state index contributed by atoms with van der Waals surface area (Å²) in [6, 6.07) is 13.0. The maximum Gasteiger partial charge on any atom is 0.258 e. The van der Waals surface area contributed by atoms with Crippen LogP contribution in [-0.4, -0.2) is 58.7 Å². The lowest BCUT2D eigenvalue weighted by molar-refractivity contribution is -0.124. The molecule has 0 saturated heterocycles. The SMILES string of the molecule is CCOc1ccc2nc(-c3cccc(OCC(=O)NC(CF)CF)c3)nc(Nc3cc[nH]n3)c2c1. The number of ether oxygens (including phenoxy) is 2. The van der Waals surface area contributed by atoms with Gasteiger partial charge >= 0.3 is 0 Å². The molecular formula is C24H24F2N6O3. The number of hydrogen-bond acceptors (Lipinski definition) is 7. The molecule has 2 heterocycles. The average Bonchev–Trinajstić information content (AvgIpc) is 3.39. The highest BCUT2D eigenvalue weighted by atomic mass is 19.1. The summed E-state index contributed by atoms with van der Waals surface area (Å²) < 4.78 is 36.4. The molecule has 0 spiro atoms. The molecule has 3 N–H and O–H groups in total. The minimum atomic E-state index is -1.17. The summed E-state index contributed by atoms with van der Waals surface area (Å²) in [5, 5.41) is 13.1. The van der Waals surface area contributed by atoms with E-state index in [2.05, 4.69) is 25.8 Å². The van der Waals surface area contributed by atoms with Crippen LogP contribution in [0.25, 0.3) is 22.3 Å². The number of aromatic nitrogens is 4. The first-order chi connectivity index (χ1) is 17.1. The normalized spacial score (nSPS) is 11.0. The summed E-state index contributed by atoms with van der Waals surface area (Å²) >= 11 is 0. The Labute approximate surface area is 199 Å². The number of amides is 1. The van der Waals surface area contributed by atoms with E-state index in [9.17, 15) is 13.6 Å².